The number of carbonyl (C=O) groups is 1. The Bertz CT molecular complexity index is 489. The van der Waals surface area contributed by atoms with Gasteiger partial charge in [-0.1, -0.05) is 6.07 Å². The maximum Gasteiger partial charge on any atom is 0.258 e. The molecule has 21 heavy (non-hydrogen) atoms. The van der Waals surface area contributed by atoms with Crippen molar-refractivity contribution in [1.29, 1.82) is 0 Å². The average molecular weight is 293 g/mol. The molecular weight excluding hydrogens is 270 g/mol. The molecular formula is C16H23NO4. The van der Waals surface area contributed by atoms with Crippen LogP contribution in [0.25, 0.3) is 0 Å². The van der Waals surface area contributed by atoms with Gasteiger partial charge in [-0.2, -0.15) is 0 Å². The van der Waals surface area contributed by atoms with E-state index in [1.54, 1.807) is 7.11 Å². The molecule has 0 saturated carbocycles. The first-order valence-electron chi connectivity index (χ1n) is 7.32. The number of hydrogen-bond donors (Lipinski definition) is 2. The molecule has 0 radical (unpaired) electrons. The second-order valence-corrected chi connectivity index (χ2v) is 5.48. The Labute approximate surface area is 125 Å². The van der Waals surface area contributed by atoms with Crippen LogP contribution in [0.2, 0.25) is 0 Å². The predicted octanol–water partition coefficient (Wildman–Crippen LogP) is 1.59. The number of aliphatic hydroxyl groups is 1. The van der Waals surface area contributed by atoms with Gasteiger partial charge in [0.2, 0.25) is 0 Å². The minimum Gasteiger partial charge on any atom is -0.484 e. The van der Waals surface area contributed by atoms with E-state index >= 15 is 0 Å². The van der Waals surface area contributed by atoms with Crippen molar-refractivity contribution >= 4 is 5.91 Å². The SMILES string of the molecule is COCC(C)NC(=O)COc1ccc2c(c1)[C@H](O)CCC2. The molecule has 0 aliphatic heterocycles. The minimum absolute atomic E-state index is 0.0388. The number of amides is 1. The zero-order chi connectivity index (χ0) is 15.2. The molecule has 1 unspecified atom stereocenters. The molecule has 5 heteroatoms. The van der Waals surface area contributed by atoms with E-state index in [1.165, 1.54) is 5.56 Å². The third-order valence-electron chi connectivity index (χ3n) is 3.59. The van der Waals surface area contributed by atoms with Gasteiger partial charge in [0.1, 0.15) is 5.75 Å². The fraction of sp³-hybridized carbons (Fsp3) is 0.562. The Morgan fingerprint density at radius 2 is 2.33 bits per heavy atom. The third-order valence-corrected chi connectivity index (χ3v) is 3.59. The summed E-state index contributed by atoms with van der Waals surface area (Å²) in [4.78, 5) is 11.7. The topological polar surface area (TPSA) is 67.8 Å². The first kappa shape index (κ1) is 15.8. The second kappa shape index (κ2) is 7.43. The third kappa shape index (κ3) is 4.44. The van der Waals surface area contributed by atoms with Crippen LogP contribution in [-0.4, -0.2) is 37.4 Å². The molecule has 0 saturated heterocycles. The van der Waals surface area contributed by atoms with Gasteiger partial charge in [0.05, 0.1) is 12.7 Å². The van der Waals surface area contributed by atoms with Crippen molar-refractivity contribution in [2.24, 2.45) is 0 Å². The van der Waals surface area contributed by atoms with E-state index in [0.29, 0.717) is 12.4 Å². The van der Waals surface area contributed by atoms with Crippen LogP contribution in [0.5, 0.6) is 5.75 Å². The molecule has 1 amide bonds. The highest BCUT2D eigenvalue weighted by molar-refractivity contribution is 5.77. The highest BCUT2D eigenvalue weighted by atomic mass is 16.5. The lowest BCUT2D eigenvalue weighted by Crippen LogP contribution is -2.38. The van der Waals surface area contributed by atoms with E-state index < -0.39 is 6.10 Å². The molecule has 1 aromatic rings. The van der Waals surface area contributed by atoms with Crippen LogP contribution in [0.1, 0.15) is 37.0 Å². The number of rotatable bonds is 6. The molecule has 0 spiro atoms. The average Bonchev–Trinajstić information content (AvgIpc) is 2.46. The van der Waals surface area contributed by atoms with E-state index in [0.717, 1.165) is 24.8 Å². The summed E-state index contributed by atoms with van der Waals surface area (Å²) in [6.07, 6.45) is 2.36. The summed E-state index contributed by atoms with van der Waals surface area (Å²) in [6, 6.07) is 5.61. The lowest BCUT2D eigenvalue weighted by Gasteiger charge is -2.22. The maximum absolute atomic E-state index is 11.7. The zero-order valence-electron chi connectivity index (χ0n) is 12.6. The van der Waals surface area contributed by atoms with E-state index in [1.807, 2.05) is 25.1 Å². The Morgan fingerprint density at radius 1 is 1.52 bits per heavy atom. The smallest absolute Gasteiger partial charge is 0.258 e. The van der Waals surface area contributed by atoms with E-state index in [-0.39, 0.29) is 18.6 Å². The van der Waals surface area contributed by atoms with Gasteiger partial charge in [0.25, 0.3) is 5.91 Å². The number of methoxy groups -OCH3 is 1. The van der Waals surface area contributed by atoms with E-state index in [9.17, 15) is 9.90 Å². The standard InChI is InChI=1S/C16H23NO4/c1-11(9-20-2)17-16(19)10-21-13-7-6-12-4-3-5-15(18)14(12)8-13/h6-8,11,15,18H,3-5,9-10H2,1-2H3,(H,17,19)/t11?,15-/m1/s1. The van der Waals surface area contributed by atoms with Crippen LogP contribution >= 0.6 is 0 Å². The van der Waals surface area contributed by atoms with Gasteiger partial charge in [-0.3, -0.25) is 4.79 Å². The summed E-state index contributed by atoms with van der Waals surface area (Å²) in [6.45, 7) is 2.30. The summed E-state index contributed by atoms with van der Waals surface area (Å²) >= 11 is 0. The molecule has 1 aliphatic rings. The van der Waals surface area contributed by atoms with Crippen molar-refractivity contribution in [3.8, 4) is 5.75 Å². The van der Waals surface area contributed by atoms with Crippen molar-refractivity contribution in [3.05, 3.63) is 29.3 Å². The van der Waals surface area contributed by atoms with Crippen LogP contribution in [0.15, 0.2) is 18.2 Å². The summed E-state index contributed by atoms with van der Waals surface area (Å²) in [5.41, 5.74) is 2.09. The van der Waals surface area contributed by atoms with Crippen LogP contribution in [-0.2, 0) is 16.0 Å². The van der Waals surface area contributed by atoms with Crippen LogP contribution in [0.4, 0.5) is 0 Å². The molecule has 1 aliphatic carbocycles. The number of benzene rings is 1. The molecule has 0 aromatic heterocycles. The van der Waals surface area contributed by atoms with Gasteiger partial charge in [-0.05, 0) is 49.4 Å². The highest BCUT2D eigenvalue weighted by Crippen LogP contribution is 2.32. The first-order chi connectivity index (χ1) is 10.1. The molecule has 5 nitrogen and oxygen atoms in total. The number of aryl methyl sites for hydroxylation is 1. The number of fused-ring (bicyclic) bond motifs is 1. The second-order valence-electron chi connectivity index (χ2n) is 5.48. The molecule has 2 N–H and O–H groups in total. The fourth-order valence-corrected chi connectivity index (χ4v) is 2.60. The summed E-state index contributed by atoms with van der Waals surface area (Å²) < 4.78 is 10.5. The van der Waals surface area contributed by atoms with Crippen molar-refractivity contribution in [2.45, 2.75) is 38.3 Å². The normalized spacial score (nSPS) is 18.7. The van der Waals surface area contributed by atoms with Gasteiger partial charge < -0.3 is 19.9 Å². The van der Waals surface area contributed by atoms with Gasteiger partial charge in [-0.25, -0.2) is 0 Å². The molecule has 116 valence electrons. The van der Waals surface area contributed by atoms with Crippen molar-refractivity contribution in [1.82, 2.24) is 5.32 Å². The van der Waals surface area contributed by atoms with Crippen LogP contribution < -0.4 is 10.1 Å². The van der Waals surface area contributed by atoms with Gasteiger partial charge >= 0.3 is 0 Å². The Morgan fingerprint density at radius 3 is 3.10 bits per heavy atom. The van der Waals surface area contributed by atoms with Gasteiger partial charge in [0.15, 0.2) is 6.61 Å². The van der Waals surface area contributed by atoms with Gasteiger partial charge in [0, 0.05) is 13.2 Å². The van der Waals surface area contributed by atoms with Crippen molar-refractivity contribution in [3.63, 3.8) is 0 Å². The Balaban J connectivity index is 1.89. The summed E-state index contributed by atoms with van der Waals surface area (Å²) in [5, 5.41) is 12.8. The highest BCUT2D eigenvalue weighted by Gasteiger charge is 2.18. The molecule has 0 bridgehead atoms. The number of hydrogen-bond acceptors (Lipinski definition) is 4. The van der Waals surface area contributed by atoms with Crippen molar-refractivity contribution < 1.29 is 19.4 Å². The number of ether oxygens (including phenoxy) is 2. The fourth-order valence-electron chi connectivity index (χ4n) is 2.60. The molecule has 1 aromatic carbocycles. The quantitative estimate of drug-likeness (QED) is 0.836. The molecule has 0 fully saturated rings. The lowest BCUT2D eigenvalue weighted by molar-refractivity contribution is -0.124. The lowest BCUT2D eigenvalue weighted by atomic mass is 9.89. The predicted molar refractivity (Wildman–Crippen MR) is 79.3 cm³/mol. The van der Waals surface area contributed by atoms with E-state index in [4.69, 9.17) is 9.47 Å². The van der Waals surface area contributed by atoms with E-state index in [2.05, 4.69) is 5.32 Å². The molecule has 2 atom stereocenters. The monoisotopic (exact) mass is 293 g/mol. The minimum atomic E-state index is -0.423. The number of nitrogens with one attached hydrogen (secondary N) is 1. The molecule has 0 heterocycles. The zero-order valence-corrected chi connectivity index (χ0v) is 12.6. The Kier molecular flexibility index (Phi) is 5.59. The summed E-state index contributed by atoms with van der Waals surface area (Å²) in [7, 11) is 1.59. The number of aliphatic hydroxyl groups excluding tert-OH is 1. The van der Waals surface area contributed by atoms with Crippen molar-refractivity contribution in [2.75, 3.05) is 20.3 Å². The Hall–Kier alpha value is -1.59. The summed E-state index contributed by atoms with van der Waals surface area (Å²) in [5.74, 6) is 0.432. The van der Waals surface area contributed by atoms with Gasteiger partial charge in [-0.15, -0.1) is 0 Å². The number of carbonyl (C=O) groups excluding carboxylic acids is 1. The van der Waals surface area contributed by atoms with Crippen LogP contribution in [0.3, 0.4) is 0 Å². The largest absolute Gasteiger partial charge is 0.484 e. The van der Waals surface area contributed by atoms with Crippen LogP contribution in [0, 0.1) is 0 Å². The maximum atomic E-state index is 11.7. The molecule has 2 rings (SSSR count). The first-order valence-corrected chi connectivity index (χ1v) is 7.32.